The van der Waals surface area contributed by atoms with E-state index in [-0.39, 0.29) is 11.8 Å². The molecule has 1 heterocycles. The molecule has 2 bridgehead atoms. The quantitative estimate of drug-likeness (QED) is 0.167. The van der Waals surface area contributed by atoms with E-state index < -0.39 is 0 Å². The Balaban J connectivity index is 0.974. The Kier molecular flexibility index (Phi) is 8.41. The van der Waals surface area contributed by atoms with Crippen molar-refractivity contribution in [1.82, 2.24) is 0 Å². The maximum absolute atomic E-state index is 10.4. The Morgan fingerprint density at radius 3 is 1.53 bits per heavy atom. The van der Waals surface area contributed by atoms with Crippen LogP contribution in [-0.4, -0.2) is 0 Å². The van der Waals surface area contributed by atoms with Gasteiger partial charge in [0, 0.05) is 45.2 Å². The molecule has 0 aliphatic heterocycles. The molecule has 9 aromatic carbocycles. The third kappa shape index (κ3) is 5.75. The molecule has 1 aromatic heterocycles. The first-order valence-corrected chi connectivity index (χ1v) is 21.3. The van der Waals surface area contributed by atoms with Gasteiger partial charge in [0.25, 0.3) is 0 Å². The van der Waals surface area contributed by atoms with Crippen molar-refractivity contribution >= 4 is 39.0 Å². The van der Waals surface area contributed by atoms with Gasteiger partial charge in [-0.2, -0.15) is 15.8 Å². The van der Waals surface area contributed by atoms with Crippen molar-refractivity contribution in [2.75, 3.05) is 4.90 Å². The number of hydrogen-bond donors (Lipinski definition) is 0. The molecule has 5 heteroatoms. The van der Waals surface area contributed by atoms with Gasteiger partial charge >= 0.3 is 0 Å². The molecule has 3 aliphatic carbocycles. The average Bonchev–Trinajstić information content (AvgIpc) is 3.75. The van der Waals surface area contributed by atoms with Gasteiger partial charge in [0.05, 0.1) is 34.9 Å². The molecule has 13 rings (SSSR count). The molecular weight excluding hydrogens is 781 g/mol. The molecule has 2 atom stereocenters. The zero-order chi connectivity index (χ0) is 42.9. The first kappa shape index (κ1) is 36.9. The Labute approximate surface area is 370 Å². The van der Waals surface area contributed by atoms with Crippen molar-refractivity contribution in [2.45, 2.75) is 11.8 Å². The summed E-state index contributed by atoms with van der Waals surface area (Å²) in [6.07, 6.45) is 0. The number of furan rings is 1. The van der Waals surface area contributed by atoms with Crippen molar-refractivity contribution < 1.29 is 4.42 Å². The Morgan fingerprint density at radius 1 is 0.375 bits per heavy atom. The number of hydrogen-bond acceptors (Lipinski definition) is 5. The molecule has 10 aromatic rings. The van der Waals surface area contributed by atoms with E-state index in [2.05, 4.69) is 157 Å². The van der Waals surface area contributed by atoms with Crippen LogP contribution in [0.3, 0.4) is 0 Å². The van der Waals surface area contributed by atoms with E-state index >= 15 is 0 Å². The van der Waals surface area contributed by atoms with Gasteiger partial charge in [-0.05, 0) is 140 Å². The molecule has 296 valence electrons. The van der Waals surface area contributed by atoms with Crippen LogP contribution >= 0.6 is 0 Å². The van der Waals surface area contributed by atoms with Crippen molar-refractivity contribution in [3.63, 3.8) is 0 Å². The lowest BCUT2D eigenvalue weighted by atomic mass is 9.59. The minimum absolute atomic E-state index is 0.169. The largest absolute Gasteiger partial charge is 0.455 e. The number of anilines is 3. The summed E-state index contributed by atoms with van der Waals surface area (Å²) in [5.74, 6) is -0.342. The molecule has 0 amide bonds. The molecule has 0 N–H and O–H groups in total. The monoisotopic (exact) mass is 814 g/mol. The highest BCUT2D eigenvalue weighted by Gasteiger charge is 2.43. The molecule has 0 saturated heterocycles. The normalized spacial score (nSPS) is 14.2. The second-order valence-electron chi connectivity index (χ2n) is 16.5. The van der Waals surface area contributed by atoms with E-state index in [0.29, 0.717) is 16.7 Å². The lowest BCUT2D eigenvalue weighted by Crippen LogP contribution is -2.28. The predicted molar refractivity (Wildman–Crippen MR) is 254 cm³/mol. The molecule has 0 saturated carbocycles. The zero-order valence-electron chi connectivity index (χ0n) is 34.3. The van der Waals surface area contributed by atoms with Crippen LogP contribution in [0.15, 0.2) is 199 Å². The Bertz CT molecular complexity index is 3640. The summed E-state index contributed by atoms with van der Waals surface area (Å²) in [5.41, 5.74) is 19.6. The van der Waals surface area contributed by atoms with E-state index in [1.54, 1.807) is 0 Å². The van der Waals surface area contributed by atoms with Gasteiger partial charge in [-0.3, -0.25) is 0 Å². The number of benzene rings is 9. The van der Waals surface area contributed by atoms with Crippen molar-refractivity contribution in [2.24, 2.45) is 0 Å². The maximum Gasteiger partial charge on any atom is 0.143 e. The SMILES string of the molecule is N#Cc1ccc2c(c1)C1c3ccc(C#N)cc3C2c2c(-c3ccc(N(c4ccc(-c5ccccc5)cc4)c4ccc(-c5cccc6c5oc5ccccc56)cc4)cc3)cc(C#N)cc21. The van der Waals surface area contributed by atoms with Crippen LogP contribution in [0.25, 0.3) is 55.3 Å². The second kappa shape index (κ2) is 14.6. The summed E-state index contributed by atoms with van der Waals surface area (Å²) in [6, 6.07) is 73.9. The highest BCUT2D eigenvalue weighted by atomic mass is 16.3. The summed E-state index contributed by atoms with van der Waals surface area (Å²) in [4.78, 5) is 2.27. The topological polar surface area (TPSA) is 87.8 Å². The predicted octanol–water partition coefficient (Wildman–Crippen LogP) is 14.7. The van der Waals surface area contributed by atoms with E-state index in [4.69, 9.17) is 4.42 Å². The molecule has 3 aliphatic rings. The van der Waals surface area contributed by atoms with Crippen LogP contribution in [0.1, 0.15) is 61.9 Å². The number of para-hydroxylation sites is 2. The minimum atomic E-state index is -0.173. The second-order valence-corrected chi connectivity index (χ2v) is 16.5. The number of nitrogens with zero attached hydrogens (tertiary/aromatic N) is 4. The minimum Gasteiger partial charge on any atom is -0.455 e. The molecule has 64 heavy (non-hydrogen) atoms. The Morgan fingerprint density at radius 2 is 0.891 bits per heavy atom. The summed E-state index contributed by atoms with van der Waals surface area (Å²) >= 11 is 0. The number of rotatable bonds is 6. The van der Waals surface area contributed by atoms with E-state index in [0.717, 1.165) is 106 Å². The standard InChI is InChI=1S/C59H34N4O/c60-33-36-14-28-49-52(29-36)56-48-27-13-37(34-61)30-53(48)57(49)58-51(31-38(35-62)32-54(56)58)42-19-25-45(26-20-42)63(43-21-15-40(16-22-43)39-7-2-1-3-8-39)44-23-17-41(18-24-44)46-10-6-11-50-47-9-4-5-12-55(47)64-59(46)50/h1-32,56-57H. The number of nitriles is 3. The molecule has 0 radical (unpaired) electrons. The van der Waals surface area contributed by atoms with Gasteiger partial charge in [-0.25, -0.2) is 0 Å². The summed E-state index contributed by atoms with van der Waals surface area (Å²) < 4.78 is 6.42. The fourth-order valence-electron chi connectivity index (χ4n) is 10.3. The van der Waals surface area contributed by atoms with Crippen LogP contribution in [0.2, 0.25) is 0 Å². The van der Waals surface area contributed by atoms with E-state index in [9.17, 15) is 15.8 Å². The van der Waals surface area contributed by atoms with Crippen LogP contribution in [0, 0.1) is 34.0 Å². The summed E-state index contributed by atoms with van der Waals surface area (Å²) in [7, 11) is 0. The average molecular weight is 815 g/mol. The molecule has 0 fully saturated rings. The van der Waals surface area contributed by atoms with Crippen molar-refractivity contribution in [3.05, 3.63) is 244 Å². The molecule has 2 unspecified atom stereocenters. The van der Waals surface area contributed by atoms with Gasteiger partial charge in [-0.1, -0.05) is 115 Å². The molecular formula is C59H34N4O. The van der Waals surface area contributed by atoms with Gasteiger partial charge in [0.15, 0.2) is 0 Å². The lowest BCUT2D eigenvalue weighted by molar-refractivity contribution is 0.670. The van der Waals surface area contributed by atoms with Crippen LogP contribution < -0.4 is 4.90 Å². The van der Waals surface area contributed by atoms with Gasteiger partial charge in [-0.15, -0.1) is 0 Å². The van der Waals surface area contributed by atoms with E-state index in [1.165, 1.54) is 0 Å². The summed E-state index contributed by atoms with van der Waals surface area (Å²) in [6.45, 7) is 0. The maximum atomic E-state index is 10.4. The Hall–Kier alpha value is -8.95. The summed E-state index contributed by atoms with van der Waals surface area (Å²) in [5, 5.41) is 32.5. The van der Waals surface area contributed by atoms with Gasteiger partial charge < -0.3 is 9.32 Å². The van der Waals surface area contributed by atoms with Crippen LogP contribution in [-0.2, 0) is 0 Å². The van der Waals surface area contributed by atoms with Crippen LogP contribution in [0.5, 0.6) is 0 Å². The van der Waals surface area contributed by atoms with Gasteiger partial charge in [0.2, 0.25) is 0 Å². The van der Waals surface area contributed by atoms with Crippen molar-refractivity contribution in [1.29, 1.82) is 15.8 Å². The first-order valence-electron chi connectivity index (χ1n) is 21.3. The lowest BCUT2D eigenvalue weighted by Gasteiger charge is -2.43. The highest BCUT2D eigenvalue weighted by Crippen LogP contribution is 2.58. The third-order valence-corrected chi connectivity index (χ3v) is 13.1. The first-order chi connectivity index (χ1) is 31.6. The molecule has 0 spiro atoms. The van der Waals surface area contributed by atoms with E-state index in [1.807, 2.05) is 60.7 Å². The fourth-order valence-corrected chi connectivity index (χ4v) is 10.3. The third-order valence-electron chi connectivity index (χ3n) is 13.1. The van der Waals surface area contributed by atoms with Crippen LogP contribution in [0.4, 0.5) is 17.1 Å². The highest BCUT2D eigenvalue weighted by molar-refractivity contribution is 6.09. The zero-order valence-corrected chi connectivity index (χ0v) is 34.3. The van der Waals surface area contributed by atoms with Gasteiger partial charge in [0.1, 0.15) is 11.2 Å². The van der Waals surface area contributed by atoms with Crippen molar-refractivity contribution in [3.8, 4) is 51.6 Å². The fraction of sp³-hybridized carbons (Fsp3) is 0.0339. The number of fused-ring (bicyclic) bond motifs is 3. The molecule has 5 nitrogen and oxygen atoms in total. The smallest absolute Gasteiger partial charge is 0.143 e.